The number of rotatable bonds is 9. The van der Waals surface area contributed by atoms with Gasteiger partial charge < -0.3 is 20.1 Å². The van der Waals surface area contributed by atoms with Crippen molar-refractivity contribution < 1.29 is 23.9 Å². The number of hydrogen-bond acceptors (Lipinski definition) is 5. The summed E-state index contributed by atoms with van der Waals surface area (Å²) in [6.07, 6.45) is -0.431. The normalized spacial score (nSPS) is 13.0. The third kappa shape index (κ3) is 9.35. The van der Waals surface area contributed by atoms with Gasteiger partial charge in [-0.25, -0.2) is 9.59 Å². The fraction of sp³-hybridized carbons (Fsp3) is 0.423. The number of alkyl carbamates (subject to hydrolysis) is 1. The highest BCUT2D eigenvalue weighted by Crippen LogP contribution is 2.11. The number of nitrogens with one attached hydrogen (secondary N) is 2. The van der Waals surface area contributed by atoms with E-state index in [0.717, 1.165) is 11.1 Å². The highest BCUT2D eigenvalue weighted by Gasteiger charge is 2.31. The number of carbonyl (C=O) groups is 3. The van der Waals surface area contributed by atoms with Crippen molar-refractivity contribution >= 4 is 18.0 Å². The molecular formula is C26H34N2O5. The van der Waals surface area contributed by atoms with E-state index in [1.807, 2.05) is 74.5 Å². The van der Waals surface area contributed by atoms with Gasteiger partial charge in [-0.1, -0.05) is 74.5 Å². The zero-order valence-electron chi connectivity index (χ0n) is 20.0. The highest BCUT2D eigenvalue weighted by molar-refractivity contribution is 5.90. The number of benzene rings is 2. The minimum atomic E-state index is -0.912. The maximum absolute atomic E-state index is 13.1. The average Bonchev–Trinajstić information content (AvgIpc) is 2.75. The first-order valence-electron chi connectivity index (χ1n) is 11.1. The highest BCUT2D eigenvalue weighted by atomic mass is 16.6. The van der Waals surface area contributed by atoms with Crippen LogP contribution in [0, 0.1) is 5.92 Å². The molecule has 7 heteroatoms. The first-order chi connectivity index (χ1) is 15.5. The summed E-state index contributed by atoms with van der Waals surface area (Å²) in [5, 5.41) is 5.38. The fourth-order valence-electron chi connectivity index (χ4n) is 3.10. The smallest absolute Gasteiger partial charge is 0.408 e. The monoisotopic (exact) mass is 454 g/mol. The number of amides is 2. The molecule has 2 aromatic carbocycles. The van der Waals surface area contributed by atoms with Crippen LogP contribution in [-0.2, 0) is 32.1 Å². The van der Waals surface area contributed by atoms with E-state index >= 15 is 0 Å². The summed E-state index contributed by atoms with van der Waals surface area (Å²) in [5.74, 6) is -1.25. The second-order valence-corrected chi connectivity index (χ2v) is 9.21. The minimum Gasteiger partial charge on any atom is -0.459 e. The average molecular weight is 455 g/mol. The summed E-state index contributed by atoms with van der Waals surface area (Å²) < 4.78 is 10.8. The predicted molar refractivity (Wildman–Crippen MR) is 126 cm³/mol. The summed E-state index contributed by atoms with van der Waals surface area (Å²) in [5.41, 5.74) is 1.03. The van der Waals surface area contributed by atoms with Gasteiger partial charge in [0.1, 0.15) is 24.3 Å². The summed E-state index contributed by atoms with van der Waals surface area (Å²) in [6.45, 7) is 8.95. The molecule has 178 valence electrons. The van der Waals surface area contributed by atoms with Crippen LogP contribution >= 0.6 is 0 Å². The molecule has 0 unspecified atom stereocenters. The third-order valence-electron chi connectivity index (χ3n) is 4.73. The van der Waals surface area contributed by atoms with Gasteiger partial charge in [-0.05, 0) is 37.8 Å². The Balaban J connectivity index is 2.12. The molecule has 7 nitrogen and oxygen atoms in total. The molecule has 0 aromatic heterocycles. The maximum Gasteiger partial charge on any atom is 0.408 e. The predicted octanol–water partition coefficient (Wildman–Crippen LogP) is 4.01. The molecule has 0 spiro atoms. The zero-order valence-corrected chi connectivity index (χ0v) is 20.0. The SMILES string of the molecule is CC(C)[C@H](NC(=O)OC(C)(C)C)C(=O)N[C@@H](Cc1ccccc1)C(=O)OCc1ccccc1. The van der Waals surface area contributed by atoms with E-state index < -0.39 is 35.7 Å². The summed E-state index contributed by atoms with van der Waals surface area (Å²) in [6, 6.07) is 16.9. The molecule has 0 aliphatic carbocycles. The van der Waals surface area contributed by atoms with Crippen LogP contribution < -0.4 is 10.6 Å². The van der Waals surface area contributed by atoms with Crippen LogP contribution in [0.2, 0.25) is 0 Å². The van der Waals surface area contributed by atoms with Crippen LogP contribution in [0.5, 0.6) is 0 Å². The van der Waals surface area contributed by atoms with E-state index in [1.165, 1.54) is 0 Å². The second-order valence-electron chi connectivity index (χ2n) is 9.21. The fourth-order valence-corrected chi connectivity index (χ4v) is 3.10. The number of ether oxygens (including phenoxy) is 2. The Morgan fingerprint density at radius 2 is 1.39 bits per heavy atom. The van der Waals surface area contributed by atoms with Crippen molar-refractivity contribution in [1.82, 2.24) is 10.6 Å². The van der Waals surface area contributed by atoms with Crippen LogP contribution in [0.4, 0.5) is 4.79 Å². The summed E-state index contributed by atoms with van der Waals surface area (Å²) in [4.78, 5) is 38.2. The molecule has 0 saturated heterocycles. The van der Waals surface area contributed by atoms with Crippen LogP contribution in [0.3, 0.4) is 0 Å². The van der Waals surface area contributed by atoms with Crippen molar-refractivity contribution in [3.63, 3.8) is 0 Å². The van der Waals surface area contributed by atoms with Gasteiger partial charge in [0, 0.05) is 6.42 Å². The van der Waals surface area contributed by atoms with Crippen molar-refractivity contribution in [2.24, 2.45) is 5.92 Å². The Labute approximate surface area is 195 Å². The second kappa shape index (κ2) is 12.0. The molecule has 0 fully saturated rings. The number of esters is 1. The van der Waals surface area contributed by atoms with Crippen molar-refractivity contribution in [3.05, 3.63) is 71.8 Å². The summed E-state index contributed by atoms with van der Waals surface area (Å²) >= 11 is 0. The Hall–Kier alpha value is -3.35. The lowest BCUT2D eigenvalue weighted by atomic mass is 10.0. The van der Waals surface area contributed by atoms with E-state index in [1.54, 1.807) is 20.8 Å². The lowest BCUT2D eigenvalue weighted by Gasteiger charge is -2.27. The first kappa shape index (κ1) is 25.9. The Morgan fingerprint density at radius 1 is 0.848 bits per heavy atom. The first-order valence-corrected chi connectivity index (χ1v) is 11.1. The van der Waals surface area contributed by atoms with Crippen LogP contribution in [0.15, 0.2) is 60.7 Å². The van der Waals surface area contributed by atoms with Crippen LogP contribution in [-0.4, -0.2) is 35.7 Å². The van der Waals surface area contributed by atoms with Crippen molar-refractivity contribution in [3.8, 4) is 0 Å². The maximum atomic E-state index is 13.1. The minimum absolute atomic E-state index is 0.102. The largest absolute Gasteiger partial charge is 0.459 e. The number of carbonyl (C=O) groups excluding carboxylic acids is 3. The van der Waals surface area contributed by atoms with Crippen LogP contribution in [0.1, 0.15) is 45.7 Å². The van der Waals surface area contributed by atoms with Gasteiger partial charge in [-0.2, -0.15) is 0 Å². The van der Waals surface area contributed by atoms with Crippen LogP contribution in [0.25, 0.3) is 0 Å². The topological polar surface area (TPSA) is 93.7 Å². The van der Waals surface area contributed by atoms with Gasteiger partial charge in [0.05, 0.1) is 0 Å². The van der Waals surface area contributed by atoms with Gasteiger partial charge in [0.15, 0.2) is 0 Å². The summed E-state index contributed by atoms with van der Waals surface area (Å²) in [7, 11) is 0. The molecule has 2 N–H and O–H groups in total. The Kier molecular flexibility index (Phi) is 9.45. The lowest BCUT2D eigenvalue weighted by molar-refractivity contribution is -0.149. The van der Waals surface area contributed by atoms with Gasteiger partial charge in [-0.3, -0.25) is 4.79 Å². The molecule has 0 heterocycles. The molecule has 2 atom stereocenters. The van der Waals surface area contributed by atoms with Crippen molar-refractivity contribution in [2.45, 2.75) is 65.3 Å². The van der Waals surface area contributed by atoms with Crippen molar-refractivity contribution in [1.29, 1.82) is 0 Å². The van der Waals surface area contributed by atoms with E-state index in [4.69, 9.17) is 9.47 Å². The molecule has 33 heavy (non-hydrogen) atoms. The molecule has 2 aromatic rings. The third-order valence-corrected chi connectivity index (χ3v) is 4.73. The van der Waals surface area contributed by atoms with E-state index in [2.05, 4.69) is 10.6 Å². The van der Waals surface area contributed by atoms with Gasteiger partial charge >= 0.3 is 12.1 Å². The quantitative estimate of drug-likeness (QED) is 0.559. The molecule has 0 aliphatic rings. The lowest BCUT2D eigenvalue weighted by Crippen LogP contribution is -2.55. The van der Waals surface area contributed by atoms with Gasteiger partial charge in [-0.15, -0.1) is 0 Å². The Morgan fingerprint density at radius 3 is 1.91 bits per heavy atom. The molecule has 2 amide bonds. The van der Waals surface area contributed by atoms with E-state index in [0.29, 0.717) is 0 Å². The molecular weight excluding hydrogens is 420 g/mol. The molecule has 2 rings (SSSR count). The molecule has 0 saturated carbocycles. The standard InChI is InChI=1S/C26H34N2O5/c1-18(2)22(28-25(31)33-26(3,4)5)23(29)27-21(16-19-12-8-6-9-13-19)24(30)32-17-20-14-10-7-11-15-20/h6-15,18,21-22H,16-17H2,1-5H3,(H,27,29)(H,28,31)/t21-,22-/m0/s1. The molecule has 0 bridgehead atoms. The van der Waals surface area contributed by atoms with Gasteiger partial charge in [0.25, 0.3) is 0 Å². The molecule has 0 aliphatic heterocycles. The van der Waals surface area contributed by atoms with E-state index in [-0.39, 0.29) is 18.9 Å². The Bertz CT molecular complexity index is 907. The van der Waals surface area contributed by atoms with Crippen molar-refractivity contribution in [2.75, 3.05) is 0 Å². The van der Waals surface area contributed by atoms with E-state index in [9.17, 15) is 14.4 Å². The zero-order chi connectivity index (χ0) is 24.4. The number of hydrogen-bond donors (Lipinski definition) is 2. The van der Waals surface area contributed by atoms with Gasteiger partial charge in [0.2, 0.25) is 5.91 Å². The molecule has 0 radical (unpaired) electrons.